The molecular weight excluding hydrogens is 234 g/mol. The molecule has 5 heteroatoms. The van der Waals surface area contributed by atoms with Crippen LogP contribution in [0.1, 0.15) is 23.7 Å². The summed E-state index contributed by atoms with van der Waals surface area (Å²) in [6.07, 6.45) is 0.403. The van der Waals surface area contributed by atoms with E-state index in [2.05, 4.69) is 5.32 Å². The molecule has 0 aliphatic carbocycles. The molecule has 3 N–H and O–H groups in total. The highest BCUT2D eigenvalue weighted by molar-refractivity contribution is 5.87. The highest BCUT2D eigenvalue weighted by atomic mass is 16.5. The van der Waals surface area contributed by atoms with E-state index in [4.69, 9.17) is 14.9 Å². The zero-order chi connectivity index (χ0) is 13.4. The second-order valence-corrected chi connectivity index (χ2v) is 4.07. The number of hydrogen-bond donors (Lipinski definition) is 3. The van der Waals surface area contributed by atoms with Gasteiger partial charge in [0.2, 0.25) is 0 Å². The smallest absolute Gasteiger partial charge is 0.335 e. The van der Waals surface area contributed by atoms with Crippen molar-refractivity contribution in [3.05, 3.63) is 29.8 Å². The highest BCUT2D eigenvalue weighted by Crippen LogP contribution is 2.12. The van der Waals surface area contributed by atoms with Gasteiger partial charge in [-0.05, 0) is 38.1 Å². The molecule has 0 aliphatic rings. The molecule has 0 saturated carbocycles. The predicted molar refractivity (Wildman–Crippen MR) is 68.1 cm³/mol. The van der Waals surface area contributed by atoms with Crippen LogP contribution < -0.4 is 10.1 Å². The van der Waals surface area contributed by atoms with Crippen LogP contribution >= 0.6 is 0 Å². The lowest BCUT2D eigenvalue weighted by Gasteiger charge is -2.08. The summed E-state index contributed by atoms with van der Waals surface area (Å²) < 4.78 is 5.42. The Morgan fingerprint density at radius 1 is 1.44 bits per heavy atom. The largest absolute Gasteiger partial charge is 0.492 e. The Bertz CT molecular complexity index is 379. The quantitative estimate of drug-likeness (QED) is 0.605. The van der Waals surface area contributed by atoms with Gasteiger partial charge in [0.05, 0.1) is 11.7 Å². The Labute approximate surface area is 106 Å². The molecule has 1 atom stereocenters. The summed E-state index contributed by atoms with van der Waals surface area (Å²) in [7, 11) is 0. The molecule has 1 rings (SSSR count). The lowest BCUT2D eigenvalue weighted by atomic mass is 10.2. The molecule has 0 saturated heterocycles. The molecule has 1 aromatic rings. The fourth-order valence-corrected chi connectivity index (χ4v) is 1.40. The van der Waals surface area contributed by atoms with Gasteiger partial charge < -0.3 is 20.3 Å². The fourth-order valence-electron chi connectivity index (χ4n) is 1.40. The minimum absolute atomic E-state index is 0.217. The van der Waals surface area contributed by atoms with Crippen molar-refractivity contribution in [1.29, 1.82) is 0 Å². The van der Waals surface area contributed by atoms with Gasteiger partial charge >= 0.3 is 5.97 Å². The second-order valence-electron chi connectivity index (χ2n) is 4.07. The van der Waals surface area contributed by atoms with Gasteiger partial charge in [0.1, 0.15) is 12.4 Å². The van der Waals surface area contributed by atoms with Gasteiger partial charge in [-0.3, -0.25) is 0 Å². The van der Waals surface area contributed by atoms with E-state index < -0.39 is 5.97 Å². The summed E-state index contributed by atoms with van der Waals surface area (Å²) in [6.45, 7) is 3.60. The first-order chi connectivity index (χ1) is 8.59. The third kappa shape index (κ3) is 5.65. The Morgan fingerprint density at radius 3 is 2.89 bits per heavy atom. The molecule has 1 unspecified atom stereocenters. The van der Waals surface area contributed by atoms with Crippen molar-refractivity contribution >= 4 is 5.97 Å². The number of nitrogens with one attached hydrogen (secondary N) is 1. The minimum atomic E-state index is -0.962. The molecule has 100 valence electrons. The molecular formula is C13H19NO4. The molecule has 5 nitrogen and oxygen atoms in total. The maximum atomic E-state index is 10.7. The first-order valence-corrected chi connectivity index (χ1v) is 5.94. The summed E-state index contributed by atoms with van der Waals surface area (Å²) >= 11 is 0. The molecule has 0 spiro atoms. The lowest BCUT2D eigenvalue weighted by Crippen LogP contribution is -2.24. The molecule has 0 bridgehead atoms. The van der Waals surface area contributed by atoms with Crippen molar-refractivity contribution in [2.24, 2.45) is 0 Å². The van der Waals surface area contributed by atoms with Crippen molar-refractivity contribution in [2.75, 3.05) is 19.7 Å². The van der Waals surface area contributed by atoms with Crippen molar-refractivity contribution < 1.29 is 19.7 Å². The molecule has 0 aromatic heterocycles. The van der Waals surface area contributed by atoms with E-state index in [1.54, 1.807) is 19.1 Å². The molecule has 18 heavy (non-hydrogen) atoms. The van der Waals surface area contributed by atoms with Crippen LogP contribution in [-0.4, -0.2) is 42.0 Å². The van der Waals surface area contributed by atoms with Gasteiger partial charge in [-0.15, -0.1) is 0 Å². The van der Waals surface area contributed by atoms with E-state index in [9.17, 15) is 4.79 Å². The van der Waals surface area contributed by atoms with Crippen molar-refractivity contribution in [3.63, 3.8) is 0 Å². The van der Waals surface area contributed by atoms with E-state index in [0.29, 0.717) is 25.3 Å². The van der Waals surface area contributed by atoms with Crippen LogP contribution in [0.2, 0.25) is 0 Å². The molecule has 0 radical (unpaired) electrons. The standard InChI is InChI=1S/C13H19NO4/c1-10(15)5-6-14-7-8-18-12-4-2-3-11(9-12)13(16)17/h2-4,9-10,14-15H,5-8H2,1H3,(H,16,17). The van der Waals surface area contributed by atoms with Gasteiger partial charge in [0.15, 0.2) is 0 Å². The zero-order valence-corrected chi connectivity index (χ0v) is 10.4. The van der Waals surface area contributed by atoms with Gasteiger partial charge in [-0.2, -0.15) is 0 Å². The van der Waals surface area contributed by atoms with Crippen LogP contribution in [0, 0.1) is 0 Å². The second kappa shape index (κ2) is 7.68. The van der Waals surface area contributed by atoms with Crippen molar-refractivity contribution in [2.45, 2.75) is 19.4 Å². The van der Waals surface area contributed by atoms with E-state index >= 15 is 0 Å². The van der Waals surface area contributed by atoms with E-state index in [1.165, 1.54) is 12.1 Å². The number of aliphatic hydroxyl groups excluding tert-OH is 1. The van der Waals surface area contributed by atoms with E-state index in [0.717, 1.165) is 6.54 Å². The lowest BCUT2D eigenvalue weighted by molar-refractivity contribution is 0.0696. The van der Waals surface area contributed by atoms with Crippen molar-refractivity contribution in [1.82, 2.24) is 5.32 Å². The molecule has 0 fully saturated rings. The van der Waals surface area contributed by atoms with Gasteiger partial charge in [0.25, 0.3) is 0 Å². The van der Waals surface area contributed by atoms with Gasteiger partial charge in [-0.1, -0.05) is 6.07 Å². The van der Waals surface area contributed by atoms with Crippen LogP contribution in [0.5, 0.6) is 5.75 Å². The summed E-state index contributed by atoms with van der Waals surface area (Å²) in [5.41, 5.74) is 0.217. The average molecular weight is 253 g/mol. The molecule has 0 heterocycles. The Balaban J connectivity index is 2.23. The average Bonchev–Trinajstić information content (AvgIpc) is 2.33. The normalized spacial score (nSPS) is 12.1. The van der Waals surface area contributed by atoms with E-state index in [1.807, 2.05) is 0 Å². The number of aliphatic hydroxyl groups is 1. The maximum absolute atomic E-state index is 10.7. The van der Waals surface area contributed by atoms with Crippen LogP contribution in [0.4, 0.5) is 0 Å². The van der Waals surface area contributed by atoms with Crippen LogP contribution in [0.25, 0.3) is 0 Å². The topological polar surface area (TPSA) is 78.8 Å². The number of ether oxygens (including phenoxy) is 1. The fraction of sp³-hybridized carbons (Fsp3) is 0.462. The summed E-state index contributed by atoms with van der Waals surface area (Å²) in [5, 5.41) is 21.0. The Hall–Kier alpha value is -1.59. The Morgan fingerprint density at radius 2 is 2.22 bits per heavy atom. The minimum Gasteiger partial charge on any atom is -0.492 e. The van der Waals surface area contributed by atoms with Gasteiger partial charge in [0, 0.05) is 6.54 Å². The third-order valence-corrected chi connectivity index (χ3v) is 2.37. The first kappa shape index (κ1) is 14.5. The highest BCUT2D eigenvalue weighted by Gasteiger charge is 2.03. The first-order valence-electron chi connectivity index (χ1n) is 5.94. The number of aromatic carboxylic acids is 1. The third-order valence-electron chi connectivity index (χ3n) is 2.37. The van der Waals surface area contributed by atoms with Crippen LogP contribution in [0.15, 0.2) is 24.3 Å². The summed E-state index contributed by atoms with van der Waals surface area (Å²) in [6, 6.07) is 6.40. The number of carboxylic acids is 1. The maximum Gasteiger partial charge on any atom is 0.335 e. The molecule has 0 amide bonds. The number of benzene rings is 1. The molecule has 0 aliphatic heterocycles. The number of hydrogen-bond acceptors (Lipinski definition) is 4. The summed E-state index contributed by atoms with van der Waals surface area (Å²) in [5.74, 6) is -0.414. The molecule has 1 aromatic carbocycles. The predicted octanol–water partition coefficient (Wildman–Crippen LogP) is 1.12. The van der Waals surface area contributed by atoms with Crippen LogP contribution in [-0.2, 0) is 0 Å². The zero-order valence-electron chi connectivity index (χ0n) is 10.4. The monoisotopic (exact) mass is 253 g/mol. The number of carboxylic acid groups (broad SMARTS) is 1. The number of carbonyl (C=O) groups is 1. The summed E-state index contributed by atoms with van der Waals surface area (Å²) in [4.78, 5) is 10.7. The van der Waals surface area contributed by atoms with Crippen LogP contribution in [0.3, 0.4) is 0 Å². The van der Waals surface area contributed by atoms with Gasteiger partial charge in [-0.25, -0.2) is 4.79 Å². The SMILES string of the molecule is CC(O)CCNCCOc1cccc(C(=O)O)c1. The Kier molecular flexibility index (Phi) is 6.18. The van der Waals surface area contributed by atoms with Crippen molar-refractivity contribution in [3.8, 4) is 5.75 Å². The van der Waals surface area contributed by atoms with E-state index in [-0.39, 0.29) is 11.7 Å². The number of rotatable bonds is 8.